The summed E-state index contributed by atoms with van der Waals surface area (Å²) >= 11 is 0. The predicted molar refractivity (Wildman–Crippen MR) is 208 cm³/mol. The summed E-state index contributed by atoms with van der Waals surface area (Å²) < 4.78 is 33.3. The van der Waals surface area contributed by atoms with Crippen LogP contribution in [0.2, 0.25) is 0 Å². The van der Waals surface area contributed by atoms with Crippen molar-refractivity contribution in [1.82, 2.24) is 0 Å². The molecule has 0 aromatic rings. The molecule has 0 spiro atoms. The number of hydrogen-bond acceptors (Lipinski definition) is 8. The van der Waals surface area contributed by atoms with Crippen molar-refractivity contribution in [2.24, 2.45) is 5.73 Å². The first-order valence-electron chi connectivity index (χ1n) is 20.7. The van der Waals surface area contributed by atoms with Gasteiger partial charge in [-0.25, -0.2) is 4.57 Å². The Morgan fingerprint density at radius 3 is 1.53 bits per heavy atom. The number of esters is 1. The van der Waals surface area contributed by atoms with Crippen LogP contribution in [0.3, 0.4) is 0 Å². The second-order valence-corrected chi connectivity index (χ2v) is 15.6. The number of ether oxygens (including phenoxy) is 2. The lowest BCUT2D eigenvalue weighted by Crippen LogP contribution is -2.34. The van der Waals surface area contributed by atoms with Crippen molar-refractivity contribution in [3.05, 3.63) is 12.2 Å². The first-order valence-corrected chi connectivity index (χ1v) is 22.2. The standard InChI is InChI=1S/C40H78NO9P/c1-3-5-7-9-11-13-15-17-18-19-20-21-23-25-27-29-31-33-47-34-37(35-48-51(45,46)49-36-38(41)40(43)44)50-39(42)32-30-28-26-24-22-16-14-12-10-8-6-4-2/h12,14,37-38H,3-11,13,15-36,41H2,1-2H3,(H,43,44)(H,45,46)/b14-12-. The molecule has 0 aliphatic rings. The maximum absolute atomic E-state index is 12.6. The SMILES string of the molecule is CCCCC/C=C\CCCCCCCC(=O)OC(COCCCCCCCCCCCCCCCCCCC)COP(=O)(O)OCC(N)C(=O)O. The summed E-state index contributed by atoms with van der Waals surface area (Å²) in [4.78, 5) is 33.4. The third-order valence-corrected chi connectivity index (χ3v) is 10.00. The molecule has 0 aromatic carbocycles. The van der Waals surface area contributed by atoms with E-state index in [1.165, 1.54) is 109 Å². The van der Waals surface area contributed by atoms with Crippen molar-refractivity contribution in [3.63, 3.8) is 0 Å². The van der Waals surface area contributed by atoms with Gasteiger partial charge >= 0.3 is 19.8 Å². The van der Waals surface area contributed by atoms with E-state index in [4.69, 9.17) is 29.4 Å². The highest BCUT2D eigenvalue weighted by Gasteiger charge is 2.27. The normalized spacial score (nSPS) is 14.1. The van der Waals surface area contributed by atoms with Crippen LogP contribution in [0.15, 0.2) is 12.2 Å². The van der Waals surface area contributed by atoms with E-state index in [0.29, 0.717) is 13.0 Å². The van der Waals surface area contributed by atoms with Gasteiger partial charge in [0, 0.05) is 13.0 Å². The summed E-state index contributed by atoms with van der Waals surface area (Å²) in [7, 11) is -4.61. The van der Waals surface area contributed by atoms with Crippen LogP contribution in [0.5, 0.6) is 0 Å². The molecule has 0 radical (unpaired) electrons. The predicted octanol–water partition coefficient (Wildman–Crippen LogP) is 11.0. The first kappa shape index (κ1) is 49.7. The summed E-state index contributed by atoms with van der Waals surface area (Å²) in [5, 5.41) is 8.87. The van der Waals surface area contributed by atoms with Gasteiger partial charge < -0.3 is 25.2 Å². The Labute approximate surface area is 312 Å². The van der Waals surface area contributed by atoms with Crippen molar-refractivity contribution in [2.75, 3.05) is 26.4 Å². The maximum Gasteiger partial charge on any atom is 0.472 e. The van der Waals surface area contributed by atoms with Gasteiger partial charge in [-0.1, -0.05) is 161 Å². The number of phosphoric acid groups is 1. The molecule has 11 heteroatoms. The van der Waals surface area contributed by atoms with E-state index in [9.17, 15) is 19.0 Å². The van der Waals surface area contributed by atoms with Crippen molar-refractivity contribution in [3.8, 4) is 0 Å². The number of phosphoric ester groups is 1. The fourth-order valence-electron chi connectivity index (χ4n) is 5.77. The Hall–Kier alpha value is -1.29. The van der Waals surface area contributed by atoms with Crippen molar-refractivity contribution >= 4 is 19.8 Å². The highest BCUT2D eigenvalue weighted by molar-refractivity contribution is 7.47. The summed E-state index contributed by atoms with van der Waals surface area (Å²) in [6.07, 6.45) is 36.9. The molecule has 0 saturated carbocycles. The number of allylic oxidation sites excluding steroid dienone is 2. The minimum absolute atomic E-state index is 0.0190. The Balaban J connectivity index is 4.21. The average Bonchev–Trinajstić information content (AvgIpc) is 3.10. The molecule has 0 saturated heterocycles. The first-order chi connectivity index (χ1) is 24.7. The number of carboxylic acid groups (broad SMARTS) is 1. The zero-order valence-corrected chi connectivity index (χ0v) is 33.6. The number of unbranched alkanes of at least 4 members (excludes halogenated alkanes) is 24. The summed E-state index contributed by atoms with van der Waals surface area (Å²) in [6.45, 7) is 3.87. The topological polar surface area (TPSA) is 155 Å². The molecular weight excluding hydrogens is 669 g/mol. The molecule has 302 valence electrons. The van der Waals surface area contributed by atoms with Crippen LogP contribution >= 0.6 is 7.82 Å². The molecule has 0 aliphatic heterocycles. The Morgan fingerprint density at radius 1 is 0.608 bits per heavy atom. The zero-order valence-electron chi connectivity index (χ0n) is 32.7. The quantitative estimate of drug-likeness (QED) is 0.0239. The molecule has 0 rings (SSSR count). The van der Waals surface area contributed by atoms with Crippen molar-refractivity contribution in [2.45, 2.75) is 206 Å². The van der Waals surface area contributed by atoms with Crippen LogP contribution in [0.25, 0.3) is 0 Å². The minimum atomic E-state index is -4.61. The molecule has 10 nitrogen and oxygen atoms in total. The van der Waals surface area contributed by atoms with Gasteiger partial charge in [0.25, 0.3) is 0 Å². The van der Waals surface area contributed by atoms with Gasteiger partial charge in [-0.05, 0) is 38.5 Å². The van der Waals surface area contributed by atoms with Crippen LogP contribution in [0.1, 0.15) is 194 Å². The molecule has 0 amide bonds. The molecular formula is C40H78NO9P. The zero-order chi connectivity index (χ0) is 37.7. The molecule has 4 N–H and O–H groups in total. The summed E-state index contributed by atoms with van der Waals surface area (Å²) in [5.41, 5.74) is 5.34. The lowest BCUT2D eigenvalue weighted by Gasteiger charge is -2.20. The van der Waals surface area contributed by atoms with E-state index in [-0.39, 0.29) is 13.0 Å². The molecule has 3 atom stereocenters. The van der Waals surface area contributed by atoms with Gasteiger partial charge in [0.2, 0.25) is 0 Å². The molecule has 0 aliphatic carbocycles. The van der Waals surface area contributed by atoms with Gasteiger partial charge in [-0.15, -0.1) is 0 Å². The molecule has 3 unspecified atom stereocenters. The number of aliphatic carboxylic acids is 1. The average molecular weight is 748 g/mol. The van der Waals surface area contributed by atoms with Gasteiger partial charge in [0.15, 0.2) is 0 Å². The van der Waals surface area contributed by atoms with Gasteiger partial charge in [-0.3, -0.25) is 18.6 Å². The van der Waals surface area contributed by atoms with E-state index >= 15 is 0 Å². The second-order valence-electron chi connectivity index (χ2n) is 14.1. The Bertz CT molecular complexity index is 873. The molecule has 51 heavy (non-hydrogen) atoms. The van der Waals surface area contributed by atoms with E-state index < -0.39 is 45.1 Å². The fraction of sp³-hybridized carbons (Fsp3) is 0.900. The minimum Gasteiger partial charge on any atom is -0.480 e. The largest absolute Gasteiger partial charge is 0.480 e. The van der Waals surface area contributed by atoms with E-state index in [1.54, 1.807) is 0 Å². The number of hydrogen-bond donors (Lipinski definition) is 3. The number of carboxylic acids is 1. The molecule has 0 fully saturated rings. The fourth-order valence-corrected chi connectivity index (χ4v) is 6.55. The highest BCUT2D eigenvalue weighted by Crippen LogP contribution is 2.43. The number of carbonyl (C=O) groups is 2. The van der Waals surface area contributed by atoms with Gasteiger partial charge in [0.1, 0.15) is 12.1 Å². The molecule has 0 aromatic heterocycles. The Kier molecular flexibility index (Phi) is 36.1. The van der Waals surface area contributed by atoms with Crippen LogP contribution < -0.4 is 5.73 Å². The molecule has 0 heterocycles. The van der Waals surface area contributed by atoms with Gasteiger partial charge in [0.05, 0.1) is 19.8 Å². The van der Waals surface area contributed by atoms with E-state index in [2.05, 4.69) is 26.0 Å². The number of rotatable bonds is 40. The second kappa shape index (κ2) is 37.0. The highest BCUT2D eigenvalue weighted by atomic mass is 31.2. The lowest BCUT2D eigenvalue weighted by molar-refractivity contribution is -0.154. The van der Waals surface area contributed by atoms with Crippen LogP contribution in [-0.4, -0.2) is 60.5 Å². The van der Waals surface area contributed by atoms with Crippen LogP contribution in [0.4, 0.5) is 0 Å². The Morgan fingerprint density at radius 2 is 1.02 bits per heavy atom. The van der Waals surface area contributed by atoms with Crippen molar-refractivity contribution in [1.29, 1.82) is 0 Å². The van der Waals surface area contributed by atoms with E-state index in [0.717, 1.165) is 57.8 Å². The smallest absolute Gasteiger partial charge is 0.472 e. The number of nitrogens with two attached hydrogens (primary N) is 1. The van der Waals surface area contributed by atoms with Crippen LogP contribution in [-0.2, 0) is 32.7 Å². The summed E-state index contributed by atoms with van der Waals surface area (Å²) in [6, 6.07) is -1.47. The van der Waals surface area contributed by atoms with E-state index in [1.807, 2.05) is 0 Å². The van der Waals surface area contributed by atoms with Crippen molar-refractivity contribution < 1.29 is 42.7 Å². The third kappa shape index (κ3) is 36.8. The van der Waals surface area contributed by atoms with Gasteiger partial charge in [-0.2, -0.15) is 0 Å². The monoisotopic (exact) mass is 748 g/mol. The number of carbonyl (C=O) groups excluding carboxylic acids is 1. The molecule has 0 bridgehead atoms. The van der Waals surface area contributed by atoms with Crippen LogP contribution in [0, 0.1) is 0 Å². The lowest BCUT2D eigenvalue weighted by atomic mass is 10.0. The maximum atomic E-state index is 12.6. The third-order valence-electron chi connectivity index (χ3n) is 9.04. The summed E-state index contributed by atoms with van der Waals surface area (Å²) in [5.74, 6) is -1.78.